The lowest BCUT2D eigenvalue weighted by atomic mass is 10.1. The molecule has 0 N–H and O–H groups in total. The van der Waals surface area contributed by atoms with Crippen molar-refractivity contribution in [1.82, 2.24) is 0 Å². The van der Waals surface area contributed by atoms with Gasteiger partial charge in [0.05, 0.1) is 10.0 Å². The minimum absolute atomic E-state index is 0.621. The van der Waals surface area contributed by atoms with Crippen LogP contribution in [-0.4, -0.2) is 5.33 Å². The van der Waals surface area contributed by atoms with Gasteiger partial charge in [-0.05, 0) is 37.0 Å². The molecule has 0 aliphatic heterocycles. The van der Waals surface area contributed by atoms with Crippen LogP contribution in [0, 0.1) is 0 Å². The van der Waals surface area contributed by atoms with E-state index >= 15 is 0 Å². The van der Waals surface area contributed by atoms with Crippen LogP contribution >= 0.6 is 39.1 Å². The summed E-state index contributed by atoms with van der Waals surface area (Å²) in [7, 11) is 0. The van der Waals surface area contributed by atoms with Crippen molar-refractivity contribution in [3.8, 4) is 0 Å². The second kappa shape index (κ2) is 7.32. The Hall–Kier alpha value is 0.0200. The maximum atomic E-state index is 5.92. The highest BCUT2D eigenvalue weighted by atomic mass is 79.9. The number of rotatable bonds is 5. The zero-order valence-corrected chi connectivity index (χ0v) is 11.4. The monoisotopic (exact) mass is 306 g/mol. The summed E-state index contributed by atoms with van der Waals surface area (Å²) < 4.78 is 0. The summed E-state index contributed by atoms with van der Waals surface area (Å²) in [5.74, 6) is 0. The molecule has 0 aromatic heterocycles. The molecule has 0 bridgehead atoms. The summed E-state index contributed by atoms with van der Waals surface area (Å²) in [5, 5.41) is 2.28. The van der Waals surface area contributed by atoms with E-state index in [1.807, 2.05) is 18.2 Å². The lowest BCUT2D eigenvalue weighted by Crippen LogP contribution is -1.83. The number of alkyl halides is 1. The van der Waals surface area contributed by atoms with Gasteiger partial charge < -0.3 is 0 Å². The van der Waals surface area contributed by atoms with Gasteiger partial charge in [0.1, 0.15) is 0 Å². The molecule has 1 rings (SSSR count). The lowest BCUT2D eigenvalue weighted by molar-refractivity contribution is 0.993. The number of hydrogen-bond acceptors (Lipinski definition) is 0. The molecule has 0 atom stereocenters. The van der Waals surface area contributed by atoms with E-state index in [1.165, 1.54) is 5.56 Å². The van der Waals surface area contributed by atoms with E-state index in [0.717, 1.165) is 24.6 Å². The Morgan fingerprint density at radius 1 is 1.07 bits per heavy atom. The molecule has 1 aromatic carbocycles. The molecule has 1 aromatic rings. The fourth-order valence-corrected chi connectivity index (χ4v) is 1.83. The van der Waals surface area contributed by atoms with Crippen molar-refractivity contribution in [3.63, 3.8) is 0 Å². The Morgan fingerprint density at radius 3 is 2.47 bits per heavy atom. The average Bonchev–Trinajstić information content (AvgIpc) is 2.23. The number of halogens is 3. The largest absolute Gasteiger partial charge is 0.0925 e. The van der Waals surface area contributed by atoms with Crippen molar-refractivity contribution >= 4 is 39.1 Å². The molecule has 82 valence electrons. The first-order valence-electron chi connectivity index (χ1n) is 4.89. The molecule has 0 spiro atoms. The first-order valence-corrected chi connectivity index (χ1v) is 6.76. The van der Waals surface area contributed by atoms with Crippen molar-refractivity contribution in [2.24, 2.45) is 0 Å². The molecule has 0 fully saturated rings. The Balaban J connectivity index is 2.41. The smallest absolute Gasteiger partial charge is 0.0595 e. The SMILES string of the molecule is Clc1ccc(CCC=CCCBr)cc1Cl. The maximum absolute atomic E-state index is 5.92. The second-order valence-electron chi connectivity index (χ2n) is 3.24. The first kappa shape index (κ1) is 13.1. The topological polar surface area (TPSA) is 0 Å². The molecule has 3 heteroatoms. The van der Waals surface area contributed by atoms with Crippen LogP contribution in [0.1, 0.15) is 18.4 Å². The minimum atomic E-state index is 0.621. The Bertz CT molecular complexity index is 334. The molecule has 0 aliphatic carbocycles. The van der Waals surface area contributed by atoms with Crippen LogP contribution < -0.4 is 0 Å². The van der Waals surface area contributed by atoms with E-state index in [-0.39, 0.29) is 0 Å². The fraction of sp³-hybridized carbons (Fsp3) is 0.333. The van der Waals surface area contributed by atoms with Crippen LogP contribution in [0.25, 0.3) is 0 Å². The third-order valence-electron chi connectivity index (χ3n) is 2.03. The Labute approximate surface area is 109 Å². The zero-order valence-electron chi connectivity index (χ0n) is 8.35. The van der Waals surface area contributed by atoms with Crippen LogP contribution in [0.5, 0.6) is 0 Å². The van der Waals surface area contributed by atoms with Gasteiger partial charge in [0, 0.05) is 5.33 Å². The van der Waals surface area contributed by atoms with Crippen LogP contribution in [0.3, 0.4) is 0 Å². The van der Waals surface area contributed by atoms with E-state index in [4.69, 9.17) is 23.2 Å². The van der Waals surface area contributed by atoms with Crippen molar-refractivity contribution in [1.29, 1.82) is 0 Å². The molecular weight excluding hydrogens is 295 g/mol. The Morgan fingerprint density at radius 2 is 1.80 bits per heavy atom. The van der Waals surface area contributed by atoms with Crippen LogP contribution in [0.15, 0.2) is 30.4 Å². The molecule has 0 heterocycles. The number of benzene rings is 1. The van der Waals surface area contributed by atoms with Gasteiger partial charge >= 0.3 is 0 Å². The highest BCUT2D eigenvalue weighted by Crippen LogP contribution is 2.23. The zero-order chi connectivity index (χ0) is 11.1. The molecule has 0 amide bonds. The van der Waals surface area contributed by atoms with E-state index in [0.29, 0.717) is 10.0 Å². The van der Waals surface area contributed by atoms with Gasteiger partial charge in [0.25, 0.3) is 0 Å². The van der Waals surface area contributed by atoms with E-state index in [9.17, 15) is 0 Å². The molecule has 15 heavy (non-hydrogen) atoms. The number of hydrogen-bond donors (Lipinski definition) is 0. The second-order valence-corrected chi connectivity index (χ2v) is 4.84. The summed E-state index contributed by atoms with van der Waals surface area (Å²) in [6.45, 7) is 0. The average molecular weight is 308 g/mol. The summed E-state index contributed by atoms with van der Waals surface area (Å²) in [6.07, 6.45) is 7.53. The van der Waals surface area contributed by atoms with Gasteiger partial charge in [-0.1, -0.05) is 57.4 Å². The minimum Gasteiger partial charge on any atom is -0.0925 e. The summed E-state index contributed by atoms with van der Waals surface area (Å²) in [5.41, 5.74) is 1.23. The summed E-state index contributed by atoms with van der Waals surface area (Å²) in [4.78, 5) is 0. The maximum Gasteiger partial charge on any atom is 0.0595 e. The molecule has 0 saturated heterocycles. The molecular formula is C12H13BrCl2. The van der Waals surface area contributed by atoms with Crippen molar-refractivity contribution < 1.29 is 0 Å². The van der Waals surface area contributed by atoms with E-state index < -0.39 is 0 Å². The van der Waals surface area contributed by atoms with Crippen molar-refractivity contribution in [2.45, 2.75) is 19.3 Å². The van der Waals surface area contributed by atoms with Gasteiger partial charge in [-0.3, -0.25) is 0 Å². The van der Waals surface area contributed by atoms with Gasteiger partial charge in [0.2, 0.25) is 0 Å². The van der Waals surface area contributed by atoms with Gasteiger partial charge in [-0.15, -0.1) is 0 Å². The third kappa shape index (κ3) is 5.05. The van der Waals surface area contributed by atoms with Gasteiger partial charge in [-0.2, -0.15) is 0 Å². The number of allylic oxidation sites excluding steroid dienone is 2. The summed E-state index contributed by atoms with van der Waals surface area (Å²) >= 11 is 15.1. The quantitative estimate of drug-likeness (QED) is 0.513. The van der Waals surface area contributed by atoms with Crippen molar-refractivity contribution in [3.05, 3.63) is 46.0 Å². The van der Waals surface area contributed by atoms with Crippen LogP contribution in [0.4, 0.5) is 0 Å². The van der Waals surface area contributed by atoms with Crippen molar-refractivity contribution in [2.75, 3.05) is 5.33 Å². The van der Waals surface area contributed by atoms with Gasteiger partial charge in [-0.25, -0.2) is 0 Å². The fourth-order valence-electron chi connectivity index (χ4n) is 1.24. The third-order valence-corrected chi connectivity index (χ3v) is 3.22. The molecule has 0 radical (unpaired) electrons. The lowest BCUT2D eigenvalue weighted by Gasteiger charge is -2.00. The highest BCUT2D eigenvalue weighted by molar-refractivity contribution is 9.09. The first-order chi connectivity index (χ1) is 7.24. The van der Waals surface area contributed by atoms with E-state index in [2.05, 4.69) is 28.1 Å². The predicted octanol–water partition coefficient (Wildman–Crippen LogP) is 5.27. The number of aryl methyl sites for hydroxylation is 1. The molecule has 0 saturated carbocycles. The van der Waals surface area contributed by atoms with Crippen LogP contribution in [-0.2, 0) is 6.42 Å². The standard InChI is InChI=1S/C12H13BrCl2/c13-8-4-2-1-3-5-10-6-7-11(14)12(15)9-10/h1-2,6-7,9H,3-5,8H2. The molecule has 0 aliphatic rings. The Kier molecular flexibility index (Phi) is 6.39. The normalized spacial score (nSPS) is 11.1. The van der Waals surface area contributed by atoms with Gasteiger partial charge in [0.15, 0.2) is 0 Å². The van der Waals surface area contributed by atoms with E-state index in [1.54, 1.807) is 0 Å². The predicted molar refractivity (Wildman–Crippen MR) is 72.3 cm³/mol. The molecule has 0 nitrogen and oxygen atoms in total. The van der Waals surface area contributed by atoms with Crippen LogP contribution in [0.2, 0.25) is 10.0 Å². The summed E-state index contributed by atoms with van der Waals surface area (Å²) in [6, 6.07) is 5.80. The molecule has 0 unspecified atom stereocenters. The highest BCUT2D eigenvalue weighted by Gasteiger charge is 1.98.